The second-order valence-corrected chi connectivity index (χ2v) is 4.79. The van der Waals surface area contributed by atoms with Crippen LogP contribution in [-0.4, -0.2) is 29.9 Å². The number of nitrogens with two attached hydrogens (primary N) is 1. The van der Waals surface area contributed by atoms with Crippen molar-refractivity contribution in [2.75, 3.05) is 12.9 Å². The Morgan fingerprint density at radius 2 is 2.18 bits per heavy atom. The van der Waals surface area contributed by atoms with Crippen LogP contribution in [0.25, 0.3) is 0 Å². The Hall–Kier alpha value is -1.07. The van der Waals surface area contributed by atoms with Gasteiger partial charge in [-0.15, -0.1) is 11.8 Å². The quantitative estimate of drug-likeness (QED) is 0.784. The molecule has 0 amide bonds. The number of methoxy groups -OCH3 is 1. The second-order valence-electron chi connectivity index (χ2n) is 3.66. The largest absolute Gasteiger partial charge is 0.468 e. The number of aromatic nitrogens is 1. The Morgan fingerprint density at radius 3 is 2.71 bits per heavy atom. The second kappa shape index (κ2) is 7.29. The highest BCUT2D eigenvalue weighted by Crippen LogP contribution is 2.32. The summed E-state index contributed by atoms with van der Waals surface area (Å²) in [6.45, 7) is 2.04. The minimum atomic E-state index is -0.225. The van der Waals surface area contributed by atoms with Gasteiger partial charge in [0.05, 0.1) is 12.9 Å². The number of hydrogen-bond acceptors (Lipinski definition) is 5. The van der Waals surface area contributed by atoms with E-state index in [1.54, 1.807) is 12.4 Å². The maximum absolute atomic E-state index is 11.2. The van der Waals surface area contributed by atoms with Gasteiger partial charge in [-0.05, 0) is 24.1 Å². The fourth-order valence-electron chi connectivity index (χ4n) is 1.45. The monoisotopic (exact) mass is 254 g/mol. The molecule has 5 heteroatoms. The smallest absolute Gasteiger partial charge is 0.315 e. The van der Waals surface area contributed by atoms with Crippen LogP contribution in [0.2, 0.25) is 0 Å². The molecule has 0 saturated carbocycles. The van der Waals surface area contributed by atoms with E-state index in [9.17, 15) is 4.79 Å². The first-order valence-corrected chi connectivity index (χ1v) is 6.57. The Labute approximate surface area is 106 Å². The zero-order valence-electron chi connectivity index (χ0n) is 10.1. The van der Waals surface area contributed by atoms with Crippen molar-refractivity contribution >= 4 is 17.7 Å². The van der Waals surface area contributed by atoms with Crippen molar-refractivity contribution in [1.82, 2.24) is 4.98 Å². The van der Waals surface area contributed by atoms with E-state index in [4.69, 9.17) is 5.73 Å². The number of thioether (sulfide) groups is 1. The minimum absolute atomic E-state index is 0.0204. The fourth-order valence-corrected chi connectivity index (χ4v) is 2.67. The first kappa shape index (κ1) is 14.0. The summed E-state index contributed by atoms with van der Waals surface area (Å²) in [5, 5.41) is 0.0992. The number of carbonyl (C=O) groups is 1. The van der Waals surface area contributed by atoms with E-state index in [0.29, 0.717) is 5.75 Å². The van der Waals surface area contributed by atoms with E-state index in [1.165, 1.54) is 18.9 Å². The molecule has 0 fully saturated rings. The van der Waals surface area contributed by atoms with E-state index < -0.39 is 0 Å². The standard InChI is InChI=1S/C12H18N2O2S/c1-3-10(13)12(17-8-11(15)16-2)9-4-6-14-7-5-9/h4-7,10,12H,3,8,13H2,1-2H3. The van der Waals surface area contributed by atoms with Crippen LogP contribution in [-0.2, 0) is 9.53 Å². The fraction of sp³-hybridized carbons (Fsp3) is 0.500. The average Bonchev–Trinajstić information content (AvgIpc) is 2.39. The van der Waals surface area contributed by atoms with Crippen LogP contribution in [0.4, 0.5) is 0 Å². The van der Waals surface area contributed by atoms with Gasteiger partial charge in [0.25, 0.3) is 0 Å². The van der Waals surface area contributed by atoms with Gasteiger partial charge < -0.3 is 10.5 Å². The lowest BCUT2D eigenvalue weighted by Crippen LogP contribution is -2.26. The summed E-state index contributed by atoms with van der Waals surface area (Å²) in [6, 6.07) is 3.89. The highest BCUT2D eigenvalue weighted by atomic mass is 32.2. The number of carbonyl (C=O) groups excluding carboxylic acids is 1. The van der Waals surface area contributed by atoms with Gasteiger partial charge in [0.15, 0.2) is 0 Å². The minimum Gasteiger partial charge on any atom is -0.468 e. The van der Waals surface area contributed by atoms with Crippen LogP contribution in [0.1, 0.15) is 24.2 Å². The molecule has 0 spiro atoms. The van der Waals surface area contributed by atoms with Crippen LogP contribution >= 0.6 is 11.8 Å². The van der Waals surface area contributed by atoms with Crippen LogP contribution in [0.15, 0.2) is 24.5 Å². The summed E-state index contributed by atoms with van der Waals surface area (Å²) in [5.74, 6) is 0.0920. The van der Waals surface area contributed by atoms with Crippen molar-refractivity contribution < 1.29 is 9.53 Å². The number of rotatable bonds is 6. The van der Waals surface area contributed by atoms with E-state index in [2.05, 4.69) is 9.72 Å². The lowest BCUT2D eigenvalue weighted by molar-refractivity contribution is -0.137. The molecule has 0 bridgehead atoms. The van der Waals surface area contributed by atoms with Gasteiger partial charge in [-0.2, -0.15) is 0 Å². The van der Waals surface area contributed by atoms with Gasteiger partial charge in [-0.25, -0.2) is 0 Å². The van der Waals surface area contributed by atoms with Crippen molar-refractivity contribution in [3.63, 3.8) is 0 Å². The van der Waals surface area contributed by atoms with Gasteiger partial charge in [0.2, 0.25) is 0 Å². The third-order valence-electron chi connectivity index (χ3n) is 2.50. The Bertz CT molecular complexity index is 346. The molecule has 17 heavy (non-hydrogen) atoms. The first-order chi connectivity index (χ1) is 8.19. The van der Waals surface area contributed by atoms with Gasteiger partial charge in [0, 0.05) is 23.7 Å². The zero-order valence-corrected chi connectivity index (χ0v) is 10.9. The summed E-state index contributed by atoms with van der Waals surface area (Å²) in [5.41, 5.74) is 7.18. The molecule has 0 aliphatic carbocycles. The van der Waals surface area contributed by atoms with Crippen LogP contribution in [0.5, 0.6) is 0 Å². The van der Waals surface area contributed by atoms with Gasteiger partial charge in [-0.3, -0.25) is 9.78 Å². The normalized spacial score (nSPS) is 14.1. The molecule has 0 aliphatic rings. The molecule has 94 valence electrons. The molecule has 1 heterocycles. The Morgan fingerprint density at radius 1 is 1.53 bits per heavy atom. The SMILES string of the molecule is CCC(N)C(SCC(=O)OC)c1ccncc1. The maximum atomic E-state index is 11.2. The molecule has 2 N–H and O–H groups in total. The summed E-state index contributed by atoms with van der Waals surface area (Å²) >= 11 is 1.51. The number of nitrogens with zero attached hydrogens (tertiary/aromatic N) is 1. The average molecular weight is 254 g/mol. The predicted molar refractivity (Wildman–Crippen MR) is 69.7 cm³/mol. The van der Waals surface area contributed by atoms with E-state index in [-0.39, 0.29) is 17.3 Å². The molecule has 0 saturated heterocycles. The molecule has 1 rings (SSSR count). The number of pyridine rings is 1. The van der Waals surface area contributed by atoms with E-state index in [1.807, 2.05) is 19.1 Å². The lowest BCUT2D eigenvalue weighted by atomic mass is 10.1. The van der Waals surface area contributed by atoms with Gasteiger partial charge in [-0.1, -0.05) is 6.92 Å². The van der Waals surface area contributed by atoms with Crippen molar-refractivity contribution in [3.8, 4) is 0 Å². The summed E-state index contributed by atoms with van der Waals surface area (Å²) in [7, 11) is 1.39. The molecule has 0 radical (unpaired) electrons. The molecule has 1 aromatic rings. The molecule has 4 nitrogen and oxygen atoms in total. The topological polar surface area (TPSA) is 65.2 Å². The van der Waals surface area contributed by atoms with E-state index >= 15 is 0 Å². The molecule has 0 aromatic carbocycles. The van der Waals surface area contributed by atoms with Crippen molar-refractivity contribution in [1.29, 1.82) is 0 Å². The molecule has 2 atom stereocenters. The number of ether oxygens (including phenoxy) is 1. The molecular weight excluding hydrogens is 236 g/mol. The van der Waals surface area contributed by atoms with Crippen molar-refractivity contribution in [2.24, 2.45) is 5.73 Å². The number of esters is 1. The molecule has 2 unspecified atom stereocenters. The summed E-state index contributed by atoms with van der Waals surface area (Å²) in [4.78, 5) is 15.1. The number of hydrogen-bond donors (Lipinski definition) is 1. The third-order valence-corrected chi connectivity index (χ3v) is 3.89. The molecular formula is C12H18N2O2S. The van der Waals surface area contributed by atoms with Crippen molar-refractivity contribution in [2.45, 2.75) is 24.6 Å². The Balaban J connectivity index is 2.71. The summed E-state index contributed by atoms with van der Waals surface area (Å²) in [6.07, 6.45) is 4.34. The lowest BCUT2D eigenvalue weighted by Gasteiger charge is -2.22. The first-order valence-electron chi connectivity index (χ1n) is 5.53. The molecule has 1 aromatic heterocycles. The maximum Gasteiger partial charge on any atom is 0.315 e. The summed E-state index contributed by atoms with van der Waals surface area (Å²) < 4.78 is 4.64. The van der Waals surface area contributed by atoms with E-state index in [0.717, 1.165) is 12.0 Å². The third kappa shape index (κ3) is 4.36. The van der Waals surface area contributed by atoms with Gasteiger partial charge in [0.1, 0.15) is 0 Å². The van der Waals surface area contributed by atoms with Gasteiger partial charge >= 0.3 is 5.97 Å². The van der Waals surface area contributed by atoms with Crippen molar-refractivity contribution in [3.05, 3.63) is 30.1 Å². The van der Waals surface area contributed by atoms with Crippen LogP contribution in [0, 0.1) is 0 Å². The van der Waals surface area contributed by atoms with Crippen LogP contribution in [0.3, 0.4) is 0 Å². The highest BCUT2D eigenvalue weighted by molar-refractivity contribution is 8.00. The van der Waals surface area contributed by atoms with Crippen LogP contribution < -0.4 is 5.73 Å². The highest BCUT2D eigenvalue weighted by Gasteiger charge is 2.20. The predicted octanol–water partition coefficient (Wildman–Crippen LogP) is 1.77. The zero-order chi connectivity index (χ0) is 12.7. The molecule has 0 aliphatic heterocycles. The Kier molecular flexibility index (Phi) is 6.00.